The highest BCUT2D eigenvalue weighted by Crippen LogP contribution is 2.22. The summed E-state index contributed by atoms with van der Waals surface area (Å²) in [4.78, 5) is 4.03. The molecule has 0 aromatic carbocycles. The van der Waals surface area contributed by atoms with Crippen molar-refractivity contribution in [3.05, 3.63) is 24.5 Å². The largest absolute Gasteiger partial charge is 0.263 e. The van der Waals surface area contributed by atoms with Crippen LogP contribution in [0.5, 0.6) is 0 Å². The number of hydrogen-bond acceptors (Lipinski definition) is 3. The van der Waals surface area contributed by atoms with Gasteiger partial charge < -0.3 is 0 Å². The molecule has 2 heterocycles. The van der Waals surface area contributed by atoms with Gasteiger partial charge in [-0.2, -0.15) is 4.31 Å². The molecule has 1 atom stereocenters. The first-order valence-electron chi connectivity index (χ1n) is 4.65. The zero-order chi connectivity index (χ0) is 10.9. The summed E-state index contributed by atoms with van der Waals surface area (Å²) in [5.41, 5.74) is 0. The highest BCUT2D eigenvalue weighted by atomic mass is 35.5. The Bertz CT molecular complexity index is 435. The Kier molecular flexibility index (Phi) is 2.95. The third kappa shape index (κ3) is 2.14. The zero-order valence-corrected chi connectivity index (χ0v) is 9.58. The van der Waals surface area contributed by atoms with E-state index in [1.54, 1.807) is 18.3 Å². The quantitative estimate of drug-likeness (QED) is 0.734. The lowest BCUT2D eigenvalue weighted by molar-refractivity contribution is 0.477. The molecule has 0 spiro atoms. The van der Waals surface area contributed by atoms with Crippen LogP contribution in [0.25, 0.3) is 0 Å². The van der Waals surface area contributed by atoms with Gasteiger partial charge in [-0.05, 0) is 18.6 Å². The first kappa shape index (κ1) is 10.9. The lowest BCUT2D eigenvalue weighted by Gasteiger charge is -2.14. The second-order valence-electron chi connectivity index (χ2n) is 3.44. The van der Waals surface area contributed by atoms with Crippen molar-refractivity contribution in [1.29, 1.82) is 0 Å². The molecule has 1 aromatic rings. The smallest absolute Gasteiger partial charge is 0.244 e. The fourth-order valence-electron chi connectivity index (χ4n) is 1.55. The average molecular weight is 247 g/mol. The summed E-state index contributed by atoms with van der Waals surface area (Å²) in [7, 11) is -3.39. The minimum atomic E-state index is -3.39. The molecule has 4 nitrogen and oxygen atoms in total. The lowest BCUT2D eigenvalue weighted by atomic mass is 10.4. The number of aromatic nitrogens is 1. The van der Waals surface area contributed by atoms with Crippen LogP contribution in [-0.2, 0) is 10.0 Å². The van der Waals surface area contributed by atoms with Gasteiger partial charge in [0.05, 0.1) is 0 Å². The van der Waals surface area contributed by atoms with E-state index < -0.39 is 10.0 Å². The fourth-order valence-corrected chi connectivity index (χ4v) is 3.37. The lowest BCUT2D eigenvalue weighted by Crippen LogP contribution is -2.29. The monoisotopic (exact) mass is 246 g/mol. The minimum Gasteiger partial charge on any atom is -0.263 e. The van der Waals surface area contributed by atoms with Gasteiger partial charge in [0.2, 0.25) is 10.0 Å². The van der Waals surface area contributed by atoms with Crippen LogP contribution in [0.3, 0.4) is 0 Å². The standard InChI is InChI=1S/C9H11ClN2O2S/c10-8-3-5-12(7-8)15(13,14)9-2-1-4-11-6-9/h1-2,4,6,8H,3,5,7H2. The molecule has 0 saturated carbocycles. The molecular weight excluding hydrogens is 236 g/mol. The minimum absolute atomic E-state index is 0.0727. The molecule has 0 aliphatic carbocycles. The van der Waals surface area contributed by atoms with E-state index in [1.165, 1.54) is 10.5 Å². The van der Waals surface area contributed by atoms with Gasteiger partial charge in [-0.3, -0.25) is 4.98 Å². The molecule has 0 bridgehead atoms. The van der Waals surface area contributed by atoms with E-state index in [4.69, 9.17) is 11.6 Å². The molecule has 1 fully saturated rings. The molecule has 0 N–H and O–H groups in total. The van der Waals surface area contributed by atoms with E-state index >= 15 is 0 Å². The molecule has 82 valence electrons. The van der Waals surface area contributed by atoms with Gasteiger partial charge in [0.1, 0.15) is 4.90 Å². The van der Waals surface area contributed by atoms with Gasteiger partial charge in [-0.1, -0.05) is 0 Å². The van der Waals surface area contributed by atoms with Gasteiger partial charge >= 0.3 is 0 Å². The van der Waals surface area contributed by atoms with Gasteiger partial charge in [-0.15, -0.1) is 11.6 Å². The van der Waals surface area contributed by atoms with Crippen LogP contribution >= 0.6 is 11.6 Å². The normalized spacial score (nSPS) is 23.1. The molecule has 1 unspecified atom stereocenters. The molecule has 1 saturated heterocycles. The summed E-state index contributed by atoms with van der Waals surface area (Å²) in [6, 6.07) is 3.16. The van der Waals surface area contributed by atoms with E-state index in [0.717, 1.165) is 0 Å². The molecule has 1 aromatic heterocycles. The number of alkyl halides is 1. The topological polar surface area (TPSA) is 50.3 Å². The maximum atomic E-state index is 12.0. The Balaban J connectivity index is 2.28. The van der Waals surface area contributed by atoms with Crippen molar-refractivity contribution < 1.29 is 8.42 Å². The summed E-state index contributed by atoms with van der Waals surface area (Å²) in [6.07, 6.45) is 3.62. The SMILES string of the molecule is O=S(=O)(c1cccnc1)N1CCC(Cl)C1. The number of rotatable bonds is 2. The van der Waals surface area contributed by atoms with Crippen LogP contribution in [0, 0.1) is 0 Å². The average Bonchev–Trinajstić information content (AvgIpc) is 2.67. The second-order valence-corrected chi connectivity index (χ2v) is 5.99. The van der Waals surface area contributed by atoms with E-state index in [2.05, 4.69) is 4.98 Å². The Morgan fingerprint density at radius 3 is 2.87 bits per heavy atom. The summed E-state index contributed by atoms with van der Waals surface area (Å²) in [6.45, 7) is 0.879. The molecular formula is C9H11ClN2O2S. The van der Waals surface area contributed by atoms with Gasteiger partial charge in [0.25, 0.3) is 0 Å². The number of sulfonamides is 1. The number of pyridine rings is 1. The summed E-state index contributed by atoms with van der Waals surface area (Å²) in [5.74, 6) is 0. The summed E-state index contributed by atoms with van der Waals surface area (Å²) >= 11 is 5.88. The highest BCUT2D eigenvalue weighted by Gasteiger charge is 2.31. The zero-order valence-electron chi connectivity index (χ0n) is 8.01. The fraction of sp³-hybridized carbons (Fsp3) is 0.444. The van der Waals surface area contributed by atoms with Gasteiger partial charge in [-0.25, -0.2) is 8.42 Å². The highest BCUT2D eigenvalue weighted by molar-refractivity contribution is 7.89. The van der Waals surface area contributed by atoms with Crippen molar-refractivity contribution in [2.24, 2.45) is 0 Å². The van der Waals surface area contributed by atoms with Gasteiger partial charge in [0, 0.05) is 30.9 Å². The number of hydrogen-bond donors (Lipinski definition) is 0. The molecule has 1 aliphatic heterocycles. The van der Waals surface area contributed by atoms with Crippen LogP contribution in [0.15, 0.2) is 29.4 Å². The van der Waals surface area contributed by atoms with E-state index in [9.17, 15) is 8.42 Å². The molecule has 15 heavy (non-hydrogen) atoms. The Morgan fingerprint density at radius 1 is 1.53 bits per heavy atom. The summed E-state index contributed by atoms with van der Waals surface area (Å²) in [5, 5.41) is -0.0727. The van der Waals surface area contributed by atoms with Crippen LogP contribution in [0.1, 0.15) is 6.42 Å². The van der Waals surface area contributed by atoms with E-state index in [-0.39, 0.29) is 10.3 Å². The molecule has 0 amide bonds. The third-order valence-corrected chi connectivity index (χ3v) is 4.57. The van der Waals surface area contributed by atoms with Crippen LogP contribution in [-0.4, -0.2) is 36.2 Å². The van der Waals surface area contributed by atoms with E-state index in [0.29, 0.717) is 19.5 Å². The van der Waals surface area contributed by atoms with Crippen molar-refractivity contribution >= 4 is 21.6 Å². The van der Waals surface area contributed by atoms with Crippen molar-refractivity contribution in [3.63, 3.8) is 0 Å². The van der Waals surface area contributed by atoms with Crippen molar-refractivity contribution in [2.45, 2.75) is 16.7 Å². The first-order chi connectivity index (χ1) is 7.10. The predicted molar refractivity (Wildman–Crippen MR) is 57.3 cm³/mol. The Hall–Kier alpha value is -0.650. The predicted octanol–water partition coefficient (Wildman–Crippen LogP) is 1.08. The van der Waals surface area contributed by atoms with Crippen LogP contribution < -0.4 is 0 Å². The van der Waals surface area contributed by atoms with Crippen LogP contribution in [0.4, 0.5) is 0 Å². The maximum Gasteiger partial charge on any atom is 0.244 e. The molecule has 6 heteroatoms. The molecule has 1 aliphatic rings. The number of nitrogens with zero attached hydrogens (tertiary/aromatic N) is 2. The summed E-state index contributed by atoms with van der Waals surface area (Å²) < 4.78 is 25.4. The van der Waals surface area contributed by atoms with E-state index in [1.807, 2.05) is 0 Å². The van der Waals surface area contributed by atoms with Gasteiger partial charge in [0.15, 0.2) is 0 Å². The second kappa shape index (κ2) is 4.08. The molecule has 0 radical (unpaired) electrons. The Morgan fingerprint density at radius 2 is 2.33 bits per heavy atom. The molecule has 2 rings (SSSR count). The number of halogens is 1. The first-order valence-corrected chi connectivity index (χ1v) is 6.52. The van der Waals surface area contributed by atoms with Crippen molar-refractivity contribution in [3.8, 4) is 0 Å². The van der Waals surface area contributed by atoms with Crippen molar-refractivity contribution in [1.82, 2.24) is 9.29 Å². The van der Waals surface area contributed by atoms with Crippen LogP contribution in [0.2, 0.25) is 0 Å². The Labute approximate surface area is 93.9 Å². The maximum absolute atomic E-state index is 12.0. The third-order valence-electron chi connectivity index (χ3n) is 2.37. The van der Waals surface area contributed by atoms with Crippen molar-refractivity contribution in [2.75, 3.05) is 13.1 Å².